The van der Waals surface area contributed by atoms with Gasteiger partial charge in [-0.3, -0.25) is 4.79 Å². The minimum Gasteiger partial charge on any atom is -0.497 e. The Hall–Kier alpha value is -3.48. The van der Waals surface area contributed by atoms with Crippen LogP contribution in [0.5, 0.6) is 11.5 Å². The highest BCUT2D eigenvalue weighted by molar-refractivity contribution is 6.05. The topological polar surface area (TPSA) is 76.8 Å². The number of anilines is 2. The third-order valence-corrected chi connectivity index (χ3v) is 5.01. The van der Waals surface area contributed by atoms with Crippen LogP contribution in [-0.2, 0) is 0 Å². The number of carbonyl (C=O) groups is 1. The number of ether oxygens (including phenoxy) is 2. The van der Waals surface area contributed by atoms with E-state index in [1.54, 1.807) is 38.5 Å². The number of carbonyl (C=O) groups excluding carboxylic acids is 1. The zero-order chi connectivity index (χ0) is 20.2. The minimum atomic E-state index is -0.325. The van der Waals surface area contributed by atoms with Gasteiger partial charge in [-0.25, -0.2) is 0 Å². The molecular formula is C22H23N3O4. The van der Waals surface area contributed by atoms with Gasteiger partial charge in [-0.15, -0.1) is 0 Å². The number of hydrogen-bond donors (Lipinski definition) is 1. The summed E-state index contributed by atoms with van der Waals surface area (Å²) in [6.07, 6.45) is 2.33. The van der Waals surface area contributed by atoms with Crippen LogP contribution in [-0.4, -0.2) is 38.4 Å². The lowest BCUT2D eigenvalue weighted by molar-refractivity contribution is 0.101. The van der Waals surface area contributed by atoms with Crippen LogP contribution in [0, 0.1) is 0 Å². The van der Waals surface area contributed by atoms with E-state index in [0.29, 0.717) is 22.8 Å². The van der Waals surface area contributed by atoms with Gasteiger partial charge in [0.05, 0.1) is 31.2 Å². The number of benzene rings is 2. The largest absolute Gasteiger partial charge is 0.497 e. The molecule has 1 amide bonds. The lowest BCUT2D eigenvalue weighted by Crippen LogP contribution is -2.21. The lowest BCUT2D eigenvalue weighted by atomic mass is 10.1. The number of methoxy groups -OCH3 is 2. The molecule has 2 heterocycles. The van der Waals surface area contributed by atoms with Gasteiger partial charge in [-0.1, -0.05) is 17.3 Å². The van der Waals surface area contributed by atoms with Gasteiger partial charge in [-0.05, 0) is 43.2 Å². The van der Waals surface area contributed by atoms with Gasteiger partial charge >= 0.3 is 0 Å². The molecule has 1 fully saturated rings. The maximum Gasteiger partial charge on any atom is 0.277 e. The molecule has 150 valence electrons. The molecule has 3 aromatic rings. The van der Waals surface area contributed by atoms with Crippen molar-refractivity contribution < 1.29 is 18.8 Å². The Morgan fingerprint density at radius 3 is 2.62 bits per heavy atom. The van der Waals surface area contributed by atoms with E-state index in [0.717, 1.165) is 37.3 Å². The van der Waals surface area contributed by atoms with Gasteiger partial charge < -0.3 is 24.2 Å². The highest BCUT2D eigenvalue weighted by Crippen LogP contribution is 2.34. The van der Waals surface area contributed by atoms with Crippen LogP contribution in [0.1, 0.15) is 23.3 Å². The summed E-state index contributed by atoms with van der Waals surface area (Å²) in [7, 11) is 3.16. The predicted octanol–water partition coefficient (Wildman–Crippen LogP) is 4.21. The highest BCUT2D eigenvalue weighted by Gasteiger charge is 2.20. The van der Waals surface area contributed by atoms with Crippen LogP contribution < -0.4 is 19.7 Å². The predicted molar refractivity (Wildman–Crippen MR) is 111 cm³/mol. The number of aromatic nitrogens is 1. The molecule has 4 rings (SSSR count). The number of hydrogen-bond acceptors (Lipinski definition) is 6. The molecule has 0 radical (unpaired) electrons. The second-order valence-electron chi connectivity index (χ2n) is 6.81. The molecule has 0 atom stereocenters. The first kappa shape index (κ1) is 18.9. The van der Waals surface area contributed by atoms with Crippen LogP contribution in [0.25, 0.3) is 11.3 Å². The van der Waals surface area contributed by atoms with Gasteiger partial charge in [0.25, 0.3) is 5.91 Å². The van der Waals surface area contributed by atoms with Crippen molar-refractivity contribution in [2.24, 2.45) is 0 Å². The van der Waals surface area contributed by atoms with Crippen molar-refractivity contribution in [1.29, 1.82) is 0 Å². The molecule has 1 saturated heterocycles. The summed E-state index contributed by atoms with van der Waals surface area (Å²) in [6, 6.07) is 14.8. The van der Waals surface area contributed by atoms with E-state index in [9.17, 15) is 4.79 Å². The molecule has 1 N–H and O–H groups in total. The summed E-state index contributed by atoms with van der Waals surface area (Å²) >= 11 is 0. The van der Waals surface area contributed by atoms with E-state index < -0.39 is 0 Å². The fraction of sp³-hybridized carbons (Fsp3) is 0.273. The lowest BCUT2D eigenvalue weighted by Gasteiger charge is -2.21. The molecule has 7 heteroatoms. The molecule has 2 aromatic carbocycles. The molecule has 0 unspecified atom stereocenters. The first-order valence-electron chi connectivity index (χ1n) is 9.54. The fourth-order valence-electron chi connectivity index (χ4n) is 3.52. The zero-order valence-electron chi connectivity index (χ0n) is 16.5. The first-order chi connectivity index (χ1) is 14.2. The molecule has 1 aromatic heterocycles. The summed E-state index contributed by atoms with van der Waals surface area (Å²) < 4.78 is 16.1. The summed E-state index contributed by atoms with van der Waals surface area (Å²) in [5.41, 5.74) is 2.65. The van der Waals surface area contributed by atoms with E-state index in [2.05, 4.69) is 15.4 Å². The average molecular weight is 393 g/mol. The molecule has 0 saturated carbocycles. The van der Waals surface area contributed by atoms with E-state index in [1.807, 2.05) is 24.3 Å². The zero-order valence-corrected chi connectivity index (χ0v) is 16.5. The Kier molecular flexibility index (Phi) is 5.37. The normalized spacial score (nSPS) is 13.4. The molecule has 29 heavy (non-hydrogen) atoms. The standard InChI is InChI=1S/C22H23N3O4/c1-27-15-9-10-20(28-2)16(13-15)21-14-18(24-29-21)22(26)23-17-7-3-4-8-19(17)25-11-5-6-12-25/h3-4,7-10,13-14H,5-6,11-12H2,1-2H3,(H,23,26). The van der Waals surface area contributed by atoms with E-state index >= 15 is 0 Å². The van der Waals surface area contributed by atoms with Crippen molar-refractivity contribution in [1.82, 2.24) is 5.16 Å². The fourth-order valence-corrected chi connectivity index (χ4v) is 3.52. The minimum absolute atomic E-state index is 0.195. The SMILES string of the molecule is COc1ccc(OC)c(-c2cc(C(=O)Nc3ccccc3N3CCCC3)no2)c1. The summed E-state index contributed by atoms with van der Waals surface area (Å²) in [6.45, 7) is 1.99. The van der Waals surface area contributed by atoms with Crippen molar-refractivity contribution in [3.63, 3.8) is 0 Å². The van der Waals surface area contributed by atoms with Gasteiger partial charge in [0, 0.05) is 19.2 Å². The summed E-state index contributed by atoms with van der Waals surface area (Å²) in [5, 5.41) is 6.91. The van der Waals surface area contributed by atoms with Crippen LogP contribution >= 0.6 is 0 Å². The highest BCUT2D eigenvalue weighted by atomic mass is 16.5. The first-order valence-corrected chi connectivity index (χ1v) is 9.54. The van der Waals surface area contributed by atoms with Gasteiger partial charge in [0.15, 0.2) is 11.5 Å². The maximum absolute atomic E-state index is 12.8. The second-order valence-corrected chi connectivity index (χ2v) is 6.81. The van der Waals surface area contributed by atoms with Gasteiger partial charge in [0.1, 0.15) is 11.5 Å². The Balaban J connectivity index is 1.57. The molecule has 0 spiro atoms. The number of amides is 1. The van der Waals surface area contributed by atoms with Crippen molar-refractivity contribution in [2.45, 2.75) is 12.8 Å². The molecule has 1 aliphatic rings. The van der Waals surface area contributed by atoms with Crippen molar-refractivity contribution >= 4 is 17.3 Å². The summed E-state index contributed by atoms with van der Waals surface area (Å²) in [4.78, 5) is 15.1. The molecule has 0 aliphatic carbocycles. The second kappa shape index (κ2) is 8.26. The van der Waals surface area contributed by atoms with E-state index in [-0.39, 0.29) is 11.6 Å². The third-order valence-electron chi connectivity index (χ3n) is 5.01. The Morgan fingerprint density at radius 1 is 1.07 bits per heavy atom. The van der Waals surface area contributed by atoms with Crippen LogP contribution in [0.3, 0.4) is 0 Å². The van der Waals surface area contributed by atoms with Crippen LogP contribution in [0.15, 0.2) is 53.1 Å². The smallest absolute Gasteiger partial charge is 0.277 e. The van der Waals surface area contributed by atoms with Crippen LogP contribution in [0.4, 0.5) is 11.4 Å². The Labute approximate surface area is 169 Å². The van der Waals surface area contributed by atoms with Crippen molar-refractivity contribution in [2.75, 3.05) is 37.5 Å². The third kappa shape index (κ3) is 3.89. The van der Waals surface area contributed by atoms with Crippen LogP contribution in [0.2, 0.25) is 0 Å². The molecule has 0 bridgehead atoms. The Morgan fingerprint density at radius 2 is 1.86 bits per heavy atom. The summed E-state index contributed by atoms with van der Waals surface area (Å²) in [5.74, 6) is 1.36. The molecular weight excluding hydrogens is 370 g/mol. The number of nitrogens with one attached hydrogen (secondary N) is 1. The number of nitrogens with zero attached hydrogens (tertiary/aromatic N) is 2. The average Bonchev–Trinajstić information content (AvgIpc) is 3.46. The molecule has 7 nitrogen and oxygen atoms in total. The monoisotopic (exact) mass is 393 g/mol. The van der Waals surface area contributed by atoms with Crippen molar-refractivity contribution in [3.8, 4) is 22.8 Å². The maximum atomic E-state index is 12.8. The Bertz CT molecular complexity index is 1010. The number of rotatable bonds is 6. The number of para-hydroxylation sites is 2. The van der Waals surface area contributed by atoms with Gasteiger partial charge in [-0.2, -0.15) is 0 Å². The quantitative estimate of drug-likeness (QED) is 0.676. The van der Waals surface area contributed by atoms with Crippen molar-refractivity contribution in [3.05, 3.63) is 54.2 Å². The van der Waals surface area contributed by atoms with E-state index in [4.69, 9.17) is 14.0 Å². The van der Waals surface area contributed by atoms with Gasteiger partial charge in [0.2, 0.25) is 0 Å². The molecule has 1 aliphatic heterocycles. The van der Waals surface area contributed by atoms with E-state index in [1.165, 1.54) is 0 Å².